The number of carboxylic acids is 1. The Morgan fingerprint density at radius 1 is 1.48 bits per heavy atom. The van der Waals surface area contributed by atoms with E-state index in [4.69, 9.17) is 0 Å². The van der Waals surface area contributed by atoms with Crippen molar-refractivity contribution in [1.82, 2.24) is 5.32 Å². The van der Waals surface area contributed by atoms with E-state index in [2.05, 4.69) is 51.4 Å². The summed E-state index contributed by atoms with van der Waals surface area (Å²) in [6.07, 6.45) is 1.71. The first-order chi connectivity index (χ1) is 9.75. The number of aryl methyl sites for hydroxylation is 1. The van der Waals surface area contributed by atoms with Gasteiger partial charge >= 0.3 is 5.97 Å². The zero-order valence-electron chi connectivity index (χ0n) is 13.6. The van der Waals surface area contributed by atoms with Crippen LogP contribution in [-0.2, 0) is 4.79 Å². The van der Waals surface area contributed by atoms with E-state index in [-0.39, 0.29) is 11.3 Å². The van der Waals surface area contributed by atoms with Gasteiger partial charge in [-0.15, -0.1) is 11.3 Å². The molecule has 4 atom stereocenters. The molecule has 0 radical (unpaired) electrons. The van der Waals surface area contributed by atoms with Crippen LogP contribution in [0.1, 0.15) is 57.0 Å². The zero-order valence-corrected chi connectivity index (χ0v) is 14.5. The maximum absolute atomic E-state index is 11.5. The van der Waals surface area contributed by atoms with Gasteiger partial charge in [0.25, 0.3) is 0 Å². The monoisotopic (exact) mass is 309 g/mol. The maximum atomic E-state index is 11.5. The molecule has 1 aliphatic carbocycles. The number of thiophene rings is 1. The molecule has 118 valence electrons. The Kier molecular flexibility index (Phi) is 4.79. The number of carbonyl (C=O) groups is 1. The third-order valence-electron chi connectivity index (χ3n) is 5.50. The zero-order chi connectivity index (χ0) is 15.8. The molecule has 2 N–H and O–H groups in total. The Morgan fingerprint density at radius 3 is 2.67 bits per heavy atom. The van der Waals surface area contributed by atoms with Gasteiger partial charge in [-0.3, -0.25) is 4.79 Å². The molecule has 2 rings (SSSR count). The van der Waals surface area contributed by atoms with Crippen molar-refractivity contribution in [1.29, 1.82) is 0 Å². The van der Waals surface area contributed by atoms with Gasteiger partial charge < -0.3 is 10.4 Å². The lowest BCUT2D eigenvalue weighted by Crippen LogP contribution is -2.51. The van der Waals surface area contributed by atoms with Crippen LogP contribution in [0.25, 0.3) is 0 Å². The molecule has 1 aliphatic rings. The highest BCUT2D eigenvalue weighted by atomic mass is 32.1. The topological polar surface area (TPSA) is 49.3 Å². The second-order valence-corrected chi connectivity index (χ2v) is 7.99. The Hall–Kier alpha value is -0.870. The molecule has 0 amide bonds. The molecule has 4 unspecified atom stereocenters. The fourth-order valence-electron chi connectivity index (χ4n) is 3.70. The van der Waals surface area contributed by atoms with E-state index < -0.39 is 5.97 Å². The molecule has 0 bridgehead atoms. The summed E-state index contributed by atoms with van der Waals surface area (Å²) in [5.41, 5.74) is 1.16. The molecule has 21 heavy (non-hydrogen) atoms. The summed E-state index contributed by atoms with van der Waals surface area (Å²) >= 11 is 1.80. The van der Waals surface area contributed by atoms with Gasteiger partial charge in [-0.1, -0.05) is 20.8 Å². The van der Waals surface area contributed by atoms with Gasteiger partial charge in [-0.2, -0.15) is 0 Å². The molecule has 0 aliphatic heterocycles. The summed E-state index contributed by atoms with van der Waals surface area (Å²) in [4.78, 5) is 12.8. The molecular weight excluding hydrogens is 282 g/mol. The standard InChI is InChI=1S/C17H27NO2S/c1-10-8-9-21-15(10)12(3)18-14-7-6-13(16(19)20)17(4,5)11(14)2/h8-9,11-14,18H,6-7H2,1-5H3,(H,19,20). The van der Waals surface area contributed by atoms with Crippen molar-refractivity contribution in [3.63, 3.8) is 0 Å². The lowest BCUT2D eigenvalue weighted by molar-refractivity contribution is -0.150. The van der Waals surface area contributed by atoms with Gasteiger partial charge in [0.1, 0.15) is 0 Å². The van der Waals surface area contributed by atoms with Crippen LogP contribution in [0.3, 0.4) is 0 Å². The minimum absolute atomic E-state index is 0.175. The number of nitrogens with one attached hydrogen (secondary N) is 1. The van der Waals surface area contributed by atoms with Gasteiger partial charge in [-0.05, 0) is 55.0 Å². The molecule has 1 fully saturated rings. The molecule has 1 heterocycles. The first-order valence-electron chi connectivity index (χ1n) is 7.78. The number of hydrogen-bond donors (Lipinski definition) is 2. The van der Waals surface area contributed by atoms with Gasteiger partial charge in [0.15, 0.2) is 0 Å². The van der Waals surface area contributed by atoms with E-state index in [9.17, 15) is 9.90 Å². The van der Waals surface area contributed by atoms with Gasteiger partial charge in [0, 0.05) is 17.0 Å². The molecule has 1 saturated carbocycles. The average Bonchev–Trinajstić information content (AvgIpc) is 2.81. The molecule has 4 heteroatoms. The smallest absolute Gasteiger partial charge is 0.307 e. The molecule has 1 aromatic heterocycles. The van der Waals surface area contributed by atoms with Crippen molar-refractivity contribution < 1.29 is 9.90 Å². The van der Waals surface area contributed by atoms with Crippen LogP contribution in [0, 0.1) is 24.2 Å². The van der Waals surface area contributed by atoms with Crippen LogP contribution < -0.4 is 5.32 Å². The maximum Gasteiger partial charge on any atom is 0.307 e. The first-order valence-corrected chi connectivity index (χ1v) is 8.66. The Morgan fingerprint density at radius 2 is 2.14 bits per heavy atom. The second kappa shape index (κ2) is 6.09. The molecular formula is C17H27NO2S. The Bertz CT molecular complexity index is 509. The number of hydrogen-bond acceptors (Lipinski definition) is 3. The minimum Gasteiger partial charge on any atom is -0.481 e. The molecule has 0 aromatic carbocycles. The van der Waals surface area contributed by atoms with Crippen LogP contribution in [0.15, 0.2) is 11.4 Å². The molecule has 0 spiro atoms. The molecule has 1 aromatic rings. The Balaban J connectivity index is 2.09. The van der Waals surface area contributed by atoms with Gasteiger partial charge in [-0.25, -0.2) is 0 Å². The molecule has 0 saturated heterocycles. The van der Waals surface area contributed by atoms with Crippen LogP contribution in [0.4, 0.5) is 0 Å². The highest BCUT2D eigenvalue weighted by molar-refractivity contribution is 7.10. The SMILES string of the molecule is Cc1ccsc1C(C)NC1CCC(C(=O)O)C(C)(C)C1C. The van der Waals surface area contributed by atoms with E-state index in [0.29, 0.717) is 18.0 Å². The van der Waals surface area contributed by atoms with Crippen LogP contribution in [-0.4, -0.2) is 17.1 Å². The van der Waals surface area contributed by atoms with Gasteiger partial charge in [0.05, 0.1) is 5.92 Å². The van der Waals surface area contributed by atoms with Crippen molar-refractivity contribution in [3.8, 4) is 0 Å². The summed E-state index contributed by atoms with van der Waals surface area (Å²) in [5.74, 6) is -0.535. The predicted molar refractivity (Wildman–Crippen MR) is 87.7 cm³/mol. The van der Waals surface area contributed by atoms with E-state index in [0.717, 1.165) is 12.8 Å². The largest absolute Gasteiger partial charge is 0.481 e. The third kappa shape index (κ3) is 3.16. The summed E-state index contributed by atoms with van der Waals surface area (Å²) in [6, 6.07) is 2.87. The van der Waals surface area contributed by atoms with Crippen molar-refractivity contribution in [2.45, 2.75) is 59.5 Å². The fraction of sp³-hybridized carbons (Fsp3) is 0.706. The first kappa shape index (κ1) is 16.5. The quantitative estimate of drug-likeness (QED) is 0.875. The predicted octanol–water partition coefficient (Wildman–Crippen LogP) is 4.23. The number of aliphatic carboxylic acids is 1. The van der Waals surface area contributed by atoms with Crippen molar-refractivity contribution in [2.24, 2.45) is 17.3 Å². The van der Waals surface area contributed by atoms with Crippen molar-refractivity contribution >= 4 is 17.3 Å². The van der Waals surface area contributed by atoms with E-state index >= 15 is 0 Å². The molecule has 3 nitrogen and oxygen atoms in total. The lowest BCUT2D eigenvalue weighted by atomic mass is 9.61. The van der Waals surface area contributed by atoms with Crippen LogP contribution in [0.2, 0.25) is 0 Å². The summed E-state index contributed by atoms with van der Waals surface area (Å²) < 4.78 is 0. The van der Waals surface area contributed by atoms with Crippen molar-refractivity contribution in [2.75, 3.05) is 0 Å². The van der Waals surface area contributed by atoms with E-state index in [1.54, 1.807) is 11.3 Å². The third-order valence-corrected chi connectivity index (χ3v) is 6.70. The fourth-order valence-corrected chi connectivity index (χ4v) is 4.64. The summed E-state index contributed by atoms with van der Waals surface area (Å²) in [7, 11) is 0. The van der Waals surface area contributed by atoms with E-state index in [1.807, 2.05) is 0 Å². The highest BCUT2D eigenvalue weighted by Crippen LogP contribution is 2.45. The highest BCUT2D eigenvalue weighted by Gasteiger charge is 2.46. The van der Waals surface area contributed by atoms with Crippen LogP contribution >= 0.6 is 11.3 Å². The lowest BCUT2D eigenvalue weighted by Gasteiger charge is -2.47. The number of rotatable bonds is 4. The van der Waals surface area contributed by atoms with Gasteiger partial charge in [0.2, 0.25) is 0 Å². The normalized spacial score (nSPS) is 30.0. The average molecular weight is 309 g/mol. The Labute approximate surface area is 131 Å². The second-order valence-electron chi connectivity index (χ2n) is 7.04. The summed E-state index contributed by atoms with van der Waals surface area (Å²) in [5, 5.41) is 15.3. The summed E-state index contributed by atoms with van der Waals surface area (Å²) in [6.45, 7) is 10.8. The van der Waals surface area contributed by atoms with Crippen LogP contribution in [0.5, 0.6) is 0 Å². The van der Waals surface area contributed by atoms with Crippen molar-refractivity contribution in [3.05, 3.63) is 21.9 Å². The van der Waals surface area contributed by atoms with E-state index in [1.165, 1.54) is 10.4 Å². The minimum atomic E-state index is -0.646. The number of carboxylic acid groups (broad SMARTS) is 1.